The summed E-state index contributed by atoms with van der Waals surface area (Å²) in [4.78, 5) is 14.1. The Morgan fingerprint density at radius 3 is 2.30 bits per heavy atom. The highest BCUT2D eigenvalue weighted by molar-refractivity contribution is 5.82. The molecule has 0 radical (unpaired) electrons. The number of anilines is 1. The van der Waals surface area contributed by atoms with E-state index < -0.39 is 0 Å². The number of esters is 1. The van der Waals surface area contributed by atoms with Gasteiger partial charge in [0, 0.05) is 18.3 Å². The molecule has 0 saturated carbocycles. The molecule has 1 heterocycles. The van der Waals surface area contributed by atoms with Gasteiger partial charge in [-0.3, -0.25) is 0 Å². The van der Waals surface area contributed by atoms with Crippen molar-refractivity contribution in [1.29, 1.82) is 0 Å². The molecule has 7 heteroatoms. The van der Waals surface area contributed by atoms with Gasteiger partial charge in [0.2, 0.25) is 5.82 Å². The van der Waals surface area contributed by atoms with Gasteiger partial charge in [-0.1, -0.05) is 50.2 Å². The zero-order valence-electron chi connectivity index (χ0n) is 15.9. The zero-order valence-corrected chi connectivity index (χ0v) is 15.9. The first-order valence-electron chi connectivity index (χ1n) is 8.77. The van der Waals surface area contributed by atoms with Crippen LogP contribution in [0.5, 0.6) is 0 Å². The lowest BCUT2D eigenvalue weighted by Crippen LogP contribution is -2.43. The van der Waals surface area contributed by atoms with Gasteiger partial charge in [0.05, 0.1) is 7.11 Å². The van der Waals surface area contributed by atoms with E-state index in [-0.39, 0.29) is 17.9 Å². The molecule has 0 saturated heterocycles. The number of aromatic nitrogens is 4. The first kappa shape index (κ1) is 18.6. The molecule has 140 valence electrons. The van der Waals surface area contributed by atoms with E-state index in [0.717, 1.165) is 22.4 Å². The summed E-state index contributed by atoms with van der Waals surface area (Å²) in [6.45, 7) is 4.02. The Balaban J connectivity index is 1.92. The van der Waals surface area contributed by atoms with Gasteiger partial charge in [-0.25, -0.2) is 4.79 Å². The summed E-state index contributed by atoms with van der Waals surface area (Å²) in [5, 5.41) is 14.3. The van der Waals surface area contributed by atoms with Gasteiger partial charge in [-0.05, 0) is 34.4 Å². The molecule has 1 atom stereocenters. The molecular formula is C20H23N5O2. The summed E-state index contributed by atoms with van der Waals surface area (Å²) < 4.78 is 4.96. The molecule has 3 aromatic rings. The smallest absolute Gasteiger partial charge is 0.328 e. The van der Waals surface area contributed by atoms with Crippen LogP contribution in [0.3, 0.4) is 0 Å². The third-order valence-corrected chi connectivity index (χ3v) is 4.59. The number of aromatic amines is 1. The van der Waals surface area contributed by atoms with Crippen molar-refractivity contribution in [2.24, 2.45) is 5.92 Å². The minimum Gasteiger partial charge on any atom is -0.467 e. The van der Waals surface area contributed by atoms with Gasteiger partial charge in [0.15, 0.2) is 0 Å². The predicted octanol–water partition coefficient (Wildman–Crippen LogP) is 3.17. The topological polar surface area (TPSA) is 84.0 Å². The molecule has 1 aromatic heterocycles. The Hall–Kier alpha value is -3.22. The van der Waals surface area contributed by atoms with Crippen LogP contribution in [0.25, 0.3) is 22.5 Å². The van der Waals surface area contributed by atoms with E-state index in [4.69, 9.17) is 4.74 Å². The summed E-state index contributed by atoms with van der Waals surface area (Å²) in [6, 6.07) is 15.6. The maximum atomic E-state index is 12.1. The monoisotopic (exact) mass is 365 g/mol. The third-order valence-electron chi connectivity index (χ3n) is 4.59. The standard InChI is InChI=1S/C20H23N5O2/c1-13(2)18(20(26)27-4)25(3)15-11-9-14(10-12-15)16-7-5-6-8-17(16)19-21-23-24-22-19/h5-13,18H,1-4H3,(H,21,22,23,24). The Bertz CT molecular complexity index is 891. The van der Waals surface area contributed by atoms with E-state index in [9.17, 15) is 4.79 Å². The SMILES string of the molecule is COC(=O)C(C(C)C)N(C)c1ccc(-c2ccccc2-c2nn[nH]n2)cc1. The molecule has 1 unspecified atom stereocenters. The number of rotatable bonds is 6. The van der Waals surface area contributed by atoms with Crippen LogP contribution in [0, 0.1) is 5.92 Å². The Labute approximate surface area is 158 Å². The molecular weight excluding hydrogens is 342 g/mol. The van der Waals surface area contributed by atoms with E-state index in [1.165, 1.54) is 7.11 Å². The van der Waals surface area contributed by atoms with E-state index in [1.54, 1.807) is 0 Å². The van der Waals surface area contributed by atoms with Crippen molar-refractivity contribution in [2.75, 3.05) is 19.1 Å². The van der Waals surface area contributed by atoms with Gasteiger partial charge in [0.25, 0.3) is 0 Å². The molecule has 0 aliphatic rings. The molecule has 0 aliphatic carbocycles. The number of tetrazole rings is 1. The fourth-order valence-corrected chi connectivity index (χ4v) is 3.24. The van der Waals surface area contributed by atoms with Crippen molar-refractivity contribution in [2.45, 2.75) is 19.9 Å². The minimum absolute atomic E-state index is 0.126. The highest BCUT2D eigenvalue weighted by Crippen LogP contribution is 2.31. The number of carbonyl (C=O) groups excluding carboxylic acids is 1. The van der Waals surface area contributed by atoms with Crippen LogP contribution in [-0.2, 0) is 9.53 Å². The van der Waals surface area contributed by atoms with Crippen LogP contribution in [0.15, 0.2) is 48.5 Å². The number of nitrogens with zero attached hydrogens (tertiary/aromatic N) is 4. The van der Waals surface area contributed by atoms with Crippen molar-refractivity contribution >= 4 is 11.7 Å². The second-order valence-corrected chi connectivity index (χ2v) is 6.65. The molecule has 0 aliphatic heterocycles. The second kappa shape index (κ2) is 7.99. The summed E-state index contributed by atoms with van der Waals surface area (Å²) in [5.41, 5.74) is 3.90. The number of ether oxygens (including phenoxy) is 1. The van der Waals surface area contributed by atoms with Crippen LogP contribution in [0.1, 0.15) is 13.8 Å². The van der Waals surface area contributed by atoms with Crippen molar-refractivity contribution < 1.29 is 9.53 Å². The van der Waals surface area contributed by atoms with Gasteiger partial charge in [-0.15, -0.1) is 10.2 Å². The normalized spacial score (nSPS) is 12.0. The largest absolute Gasteiger partial charge is 0.467 e. The molecule has 0 amide bonds. The average molecular weight is 365 g/mol. The quantitative estimate of drug-likeness (QED) is 0.676. The van der Waals surface area contributed by atoms with Crippen molar-refractivity contribution in [3.63, 3.8) is 0 Å². The van der Waals surface area contributed by atoms with Gasteiger partial charge in [-0.2, -0.15) is 5.21 Å². The van der Waals surface area contributed by atoms with Crippen LogP contribution in [0.4, 0.5) is 5.69 Å². The molecule has 1 N–H and O–H groups in total. The zero-order chi connectivity index (χ0) is 19.4. The fourth-order valence-electron chi connectivity index (χ4n) is 3.24. The summed E-state index contributed by atoms with van der Waals surface area (Å²) in [6.07, 6.45) is 0. The molecule has 0 bridgehead atoms. The molecule has 0 fully saturated rings. The van der Waals surface area contributed by atoms with Gasteiger partial charge < -0.3 is 9.64 Å². The average Bonchev–Trinajstić information content (AvgIpc) is 3.22. The fraction of sp³-hybridized carbons (Fsp3) is 0.300. The maximum absolute atomic E-state index is 12.1. The lowest BCUT2D eigenvalue weighted by atomic mass is 9.98. The first-order valence-corrected chi connectivity index (χ1v) is 8.77. The number of methoxy groups -OCH3 is 1. The number of benzene rings is 2. The van der Waals surface area contributed by atoms with E-state index in [1.807, 2.05) is 74.3 Å². The van der Waals surface area contributed by atoms with Crippen molar-refractivity contribution in [3.05, 3.63) is 48.5 Å². The van der Waals surface area contributed by atoms with Crippen LogP contribution < -0.4 is 4.90 Å². The molecule has 3 rings (SSSR count). The van der Waals surface area contributed by atoms with Gasteiger partial charge in [0.1, 0.15) is 6.04 Å². The van der Waals surface area contributed by atoms with E-state index >= 15 is 0 Å². The number of hydrogen-bond acceptors (Lipinski definition) is 6. The maximum Gasteiger partial charge on any atom is 0.328 e. The molecule has 27 heavy (non-hydrogen) atoms. The van der Waals surface area contributed by atoms with Crippen molar-refractivity contribution in [3.8, 4) is 22.5 Å². The molecule has 7 nitrogen and oxygen atoms in total. The second-order valence-electron chi connectivity index (χ2n) is 6.65. The Morgan fingerprint density at radius 1 is 1.07 bits per heavy atom. The van der Waals surface area contributed by atoms with E-state index in [2.05, 4.69) is 20.6 Å². The summed E-state index contributed by atoms with van der Waals surface area (Å²) in [7, 11) is 3.33. The number of hydrogen-bond donors (Lipinski definition) is 1. The van der Waals surface area contributed by atoms with Crippen LogP contribution in [0.2, 0.25) is 0 Å². The van der Waals surface area contributed by atoms with Crippen LogP contribution in [-0.4, -0.2) is 46.8 Å². The Morgan fingerprint density at radius 2 is 1.74 bits per heavy atom. The lowest BCUT2D eigenvalue weighted by Gasteiger charge is -2.30. The number of H-pyrrole nitrogens is 1. The first-order chi connectivity index (χ1) is 13.0. The number of likely N-dealkylation sites (N-methyl/N-ethyl adjacent to an activating group) is 1. The molecule has 0 spiro atoms. The summed E-state index contributed by atoms with van der Waals surface area (Å²) in [5.74, 6) is 0.442. The minimum atomic E-state index is -0.340. The van der Waals surface area contributed by atoms with Gasteiger partial charge >= 0.3 is 5.97 Å². The van der Waals surface area contributed by atoms with Crippen molar-refractivity contribution in [1.82, 2.24) is 20.6 Å². The highest BCUT2D eigenvalue weighted by Gasteiger charge is 2.27. The van der Waals surface area contributed by atoms with Crippen LogP contribution >= 0.6 is 0 Å². The third kappa shape index (κ3) is 3.81. The predicted molar refractivity (Wildman–Crippen MR) is 104 cm³/mol. The Kier molecular flexibility index (Phi) is 5.49. The number of nitrogens with one attached hydrogen (secondary N) is 1. The number of carbonyl (C=O) groups is 1. The van der Waals surface area contributed by atoms with E-state index in [0.29, 0.717) is 5.82 Å². The molecule has 2 aromatic carbocycles. The highest BCUT2D eigenvalue weighted by atomic mass is 16.5. The summed E-state index contributed by atoms with van der Waals surface area (Å²) >= 11 is 0. The lowest BCUT2D eigenvalue weighted by molar-refractivity contribution is -0.143.